The molecular weight excluding hydrogens is 222 g/mol. The minimum Gasteiger partial charge on any atom is -0.360 e. The second-order valence-electron chi connectivity index (χ2n) is 5.42. The zero-order valence-electron chi connectivity index (χ0n) is 12.1. The molecule has 1 aliphatic rings. The van der Waals surface area contributed by atoms with Gasteiger partial charge in [-0.05, 0) is 46.2 Å². The number of pyridine rings is 1. The maximum atomic E-state index is 4.59. The summed E-state index contributed by atoms with van der Waals surface area (Å²) in [5.41, 5.74) is 1.40. The van der Waals surface area contributed by atoms with Gasteiger partial charge < -0.3 is 4.90 Å². The zero-order valence-corrected chi connectivity index (χ0v) is 12.1. The lowest BCUT2D eigenvalue weighted by molar-refractivity contribution is 0.205. The fourth-order valence-corrected chi connectivity index (χ4v) is 2.88. The lowest BCUT2D eigenvalue weighted by Gasteiger charge is -2.31. The van der Waals surface area contributed by atoms with E-state index in [4.69, 9.17) is 0 Å². The molecule has 1 atom stereocenters. The van der Waals surface area contributed by atoms with E-state index in [9.17, 15) is 0 Å². The molecule has 3 nitrogen and oxygen atoms in total. The van der Waals surface area contributed by atoms with E-state index in [1.54, 1.807) is 0 Å². The number of hydrogen-bond acceptors (Lipinski definition) is 3. The number of rotatable bonds is 4. The van der Waals surface area contributed by atoms with Gasteiger partial charge in [0.15, 0.2) is 0 Å². The van der Waals surface area contributed by atoms with Gasteiger partial charge in [0.2, 0.25) is 0 Å². The molecule has 18 heavy (non-hydrogen) atoms. The summed E-state index contributed by atoms with van der Waals surface area (Å²) in [5.74, 6) is 1.15. The second kappa shape index (κ2) is 5.70. The molecule has 2 rings (SSSR count). The van der Waals surface area contributed by atoms with E-state index in [-0.39, 0.29) is 0 Å². The number of hydrogen-bond donors (Lipinski definition) is 0. The summed E-state index contributed by atoms with van der Waals surface area (Å²) in [6, 6.07) is 5.47. The molecule has 0 radical (unpaired) electrons. The summed E-state index contributed by atoms with van der Waals surface area (Å²) in [4.78, 5) is 9.43. The van der Waals surface area contributed by atoms with Crippen LogP contribution in [0.1, 0.15) is 45.2 Å². The Labute approximate surface area is 111 Å². The average Bonchev–Trinajstić information content (AvgIpc) is 2.87. The van der Waals surface area contributed by atoms with Crippen molar-refractivity contribution in [2.45, 2.75) is 45.7 Å². The number of likely N-dealkylation sites (tertiary alicyclic amines) is 1. The highest BCUT2D eigenvalue weighted by atomic mass is 15.2. The first-order chi connectivity index (χ1) is 8.65. The molecule has 1 saturated heterocycles. The molecule has 100 valence electrons. The van der Waals surface area contributed by atoms with Gasteiger partial charge in [-0.1, -0.05) is 6.07 Å². The van der Waals surface area contributed by atoms with Gasteiger partial charge in [0.25, 0.3) is 0 Å². The Bertz CT molecular complexity index is 389. The van der Waals surface area contributed by atoms with Crippen LogP contribution in [-0.4, -0.2) is 36.1 Å². The van der Waals surface area contributed by atoms with Gasteiger partial charge in [0.1, 0.15) is 5.82 Å². The van der Waals surface area contributed by atoms with Gasteiger partial charge in [-0.15, -0.1) is 0 Å². The quantitative estimate of drug-likeness (QED) is 0.815. The van der Waals surface area contributed by atoms with E-state index in [1.165, 1.54) is 24.9 Å². The van der Waals surface area contributed by atoms with Crippen molar-refractivity contribution >= 4 is 5.82 Å². The van der Waals surface area contributed by atoms with Crippen LogP contribution in [0.15, 0.2) is 18.3 Å². The molecular formula is C15H25N3. The van der Waals surface area contributed by atoms with Crippen molar-refractivity contribution in [3.8, 4) is 0 Å². The van der Waals surface area contributed by atoms with Crippen molar-refractivity contribution in [3.63, 3.8) is 0 Å². The van der Waals surface area contributed by atoms with Crippen molar-refractivity contribution < 1.29 is 0 Å². The predicted octanol–water partition coefficient (Wildman–Crippen LogP) is 3.08. The Balaban J connectivity index is 2.32. The summed E-state index contributed by atoms with van der Waals surface area (Å²) >= 11 is 0. The minimum atomic E-state index is 0.544. The summed E-state index contributed by atoms with van der Waals surface area (Å²) in [6.45, 7) is 8.97. The third kappa shape index (κ3) is 2.51. The lowest BCUT2D eigenvalue weighted by Crippen LogP contribution is -2.31. The minimum absolute atomic E-state index is 0.544. The highest BCUT2D eigenvalue weighted by Gasteiger charge is 2.30. The molecule has 0 bridgehead atoms. The molecule has 1 aromatic rings. The molecule has 1 unspecified atom stereocenters. The molecule has 2 heterocycles. The van der Waals surface area contributed by atoms with Crippen LogP contribution < -0.4 is 4.90 Å². The monoisotopic (exact) mass is 247 g/mol. The fourth-order valence-electron chi connectivity index (χ4n) is 2.88. The molecule has 1 aromatic heterocycles. The summed E-state index contributed by atoms with van der Waals surface area (Å²) in [7, 11) is 2.13. The highest BCUT2D eigenvalue weighted by molar-refractivity contribution is 5.48. The molecule has 0 amide bonds. The molecule has 1 fully saturated rings. The zero-order chi connectivity index (χ0) is 13.1. The van der Waals surface area contributed by atoms with Crippen molar-refractivity contribution in [2.75, 3.05) is 25.0 Å². The first-order valence-electron chi connectivity index (χ1n) is 7.07. The SMILES string of the molecule is CCN(C)c1ncccc1C1CCCN1C(C)C. The Kier molecular flexibility index (Phi) is 4.23. The van der Waals surface area contributed by atoms with Gasteiger partial charge in [-0.3, -0.25) is 4.90 Å². The van der Waals surface area contributed by atoms with Crippen molar-refractivity contribution in [1.29, 1.82) is 0 Å². The van der Waals surface area contributed by atoms with Gasteiger partial charge in [0, 0.05) is 37.4 Å². The maximum absolute atomic E-state index is 4.59. The topological polar surface area (TPSA) is 19.4 Å². The predicted molar refractivity (Wildman–Crippen MR) is 77.0 cm³/mol. The van der Waals surface area contributed by atoms with E-state index in [0.29, 0.717) is 12.1 Å². The number of nitrogens with zero attached hydrogens (tertiary/aromatic N) is 3. The Hall–Kier alpha value is -1.09. The van der Waals surface area contributed by atoms with Crippen LogP contribution in [0.2, 0.25) is 0 Å². The van der Waals surface area contributed by atoms with Crippen molar-refractivity contribution in [2.24, 2.45) is 0 Å². The average molecular weight is 247 g/mol. The van der Waals surface area contributed by atoms with Crippen LogP contribution in [0.3, 0.4) is 0 Å². The van der Waals surface area contributed by atoms with Crippen LogP contribution in [-0.2, 0) is 0 Å². The van der Waals surface area contributed by atoms with Crippen LogP contribution in [0.25, 0.3) is 0 Å². The van der Waals surface area contributed by atoms with E-state index in [2.05, 4.69) is 54.7 Å². The Morgan fingerprint density at radius 1 is 1.50 bits per heavy atom. The molecule has 0 aliphatic carbocycles. The number of anilines is 1. The van der Waals surface area contributed by atoms with Gasteiger partial charge >= 0.3 is 0 Å². The normalized spacial score (nSPS) is 20.6. The molecule has 1 aliphatic heterocycles. The Morgan fingerprint density at radius 3 is 2.94 bits per heavy atom. The first-order valence-corrected chi connectivity index (χ1v) is 7.07. The largest absolute Gasteiger partial charge is 0.360 e. The summed E-state index contributed by atoms with van der Waals surface area (Å²) in [5, 5.41) is 0. The maximum Gasteiger partial charge on any atom is 0.133 e. The summed E-state index contributed by atoms with van der Waals surface area (Å²) < 4.78 is 0. The molecule has 3 heteroatoms. The van der Waals surface area contributed by atoms with Gasteiger partial charge in [0.05, 0.1) is 0 Å². The van der Waals surface area contributed by atoms with Gasteiger partial charge in [-0.2, -0.15) is 0 Å². The molecule has 0 aromatic carbocycles. The van der Waals surface area contributed by atoms with E-state index in [0.717, 1.165) is 12.4 Å². The Morgan fingerprint density at radius 2 is 2.28 bits per heavy atom. The van der Waals surface area contributed by atoms with E-state index >= 15 is 0 Å². The third-order valence-electron chi connectivity index (χ3n) is 3.97. The van der Waals surface area contributed by atoms with Crippen LogP contribution in [0.4, 0.5) is 5.82 Å². The fraction of sp³-hybridized carbons (Fsp3) is 0.667. The van der Waals surface area contributed by atoms with E-state index in [1.807, 2.05) is 6.20 Å². The molecule has 0 N–H and O–H groups in total. The number of aromatic nitrogens is 1. The highest BCUT2D eigenvalue weighted by Crippen LogP contribution is 2.37. The van der Waals surface area contributed by atoms with E-state index < -0.39 is 0 Å². The summed E-state index contributed by atoms with van der Waals surface area (Å²) in [6.07, 6.45) is 4.46. The standard InChI is InChI=1S/C15H25N3/c1-5-17(4)15-13(8-6-10-16-15)14-9-7-11-18(14)12(2)3/h6,8,10,12,14H,5,7,9,11H2,1-4H3. The first kappa shape index (κ1) is 13.3. The smallest absolute Gasteiger partial charge is 0.133 e. The van der Waals surface area contributed by atoms with Gasteiger partial charge in [-0.25, -0.2) is 4.98 Å². The van der Waals surface area contributed by atoms with Crippen LogP contribution in [0, 0.1) is 0 Å². The van der Waals surface area contributed by atoms with Crippen LogP contribution in [0.5, 0.6) is 0 Å². The van der Waals surface area contributed by atoms with Crippen LogP contribution >= 0.6 is 0 Å². The van der Waals surface area contributed by atoms with Crippen molar-refractivity contribution in [3.05, 3.63) is 23.9 Å². The third-order valence-corrected chi connectivity index (χ3v) is 3.97. The molecule has 0 saturated carbocycles. The second-order valence-corrected chi connectivity index (χ2v) is 5.42. The lowest BCUT2D eigenvalue weighted by atomic mass is 10.0. The molecule has 0 spiro atoms. The van der Waals surface area contributed by atoms with Crippen molar-refractivity contribution in [1.82, 2.24) is 9.88 Å².